The maximum absolute atomic E-state index is 12.2. The molecule has 1 rings (SSSR count). The van der Waals surface area contributed by atoms with Crippen molar-refractivity contribution in [2.45, 2.75) is 6.92 Å². The van der Waals surface area contributed by atoms with Gasteiger partial charge < -0.3 is 14.2 Å². The summed E-state index contributed by atoms with van der Waals surface area (Å²) >= 11 is 0. The van der Waals surface area contributed by atoms with Crippen LogP contribution in [-0.2, 0) is 4.79 Å². The highest BCUT2D eigenvalue weighted by atomic mass is 16.5. The van der Waals surface area contributed by atoms with Crippen molar-refractivity contribution < 1.29 is 23.8 Å². The predicted octanol–water partition coefficient (Wildman–Crippen LogP) is 1.62. The molecule has 0 aromatic heterocycles. The van der Waals surface area contributed by atoms with Crippen LogP contribution in [0.3, 0.4) is 0 Å². The second-order valence-corrected chi connectivity index (χ2v) is 3.95. The van der Waals surface area contributed by atoms with Crippen LogP contribution in [0.5, 0.6) is 17.2 Å². The Morgan fingerprint density at radius 3 is 1.90 bits per heavy atom. The summed E-state index contributed by atoms with van der Waals surface area (Å²) in [5.74, 6) is -1.53. The van der Waals surface area contributed by atoms with Gasteiger partial charge in [-0.1, -0.05) is 0 Å². The Bertz CT molecular complexity index is 548. The lowest BCUT2D eigenvalue weighted by Gasteiger charge is -2.14. The first-order chi connectivity index (χ1) is 9.49. The predicted molar refractivity (Wildman–Crippen MR) is 70.2 cm³/mol. The zero-order valence-electron chi connectivity index (χ0n) is 11.7. The Morgan fingerprint density at radius 1 is 1.10 bits per heavy atom. The summed E-state index contributed by atoms with van der Waals surface area (Å²) in [4.78, 5) is 23.4. The molecule has 0 aliphatic rings. The average molecular weight is 277 g/mol. The van der Waals surface area contributed by atoms with Crippen LogP contribution in [0.15, 0.2) is 12.1 Å². The van der Waals surface area contributed by atoms with Gasteiger partial charge in [0.1, 0.15) is 0 Å². The normalized spacial score (nSPS) is 11.2. The zero-order chi connectivity index (χ0) is 15.3. The number of Topliss-reactive ketones (excluding diaryl/α,β-unsaturated/α-hetero) is 2. The van der Waals surface area contributed by atoms with Gasteiger partial charge in [-0.2, -0.15) is 5.26 Å². The molecule has 20 heavy (non-hydrogen) atoms. The minimum atomic E-state index is -1.34. The molecule has 106 valence electrons. The molecular weight excluding hydrogens is 262 g/mol. The summed E-state index contributed by atoms with van der Waals surface area (Å²) in [6, 6.07) is 4.52. The fourth-order valence-corrected chi connectivity index (χ4v) is 1.72. The van der Waals surface area contributed by atoms with Crippen LogP contribution < -0.4 is 14.2 Å². The largest absolute Gasteiger partial charge is 0.493 e. The summed E-state index contributed by atoms with van der Waals surface area (Å²) in [7, 11) is 4.27. The molecule has 0 heterocycles. The molecule has 6 heteroatoms. The van der Waals surface area contributed by atoms with Gasteiger partial charge in [-0.25, -0.2) is 0 Å². The highest BCUT2D eigenvalue weighted by Gasteiger charge is 2.26. The van der Waals surface area contributed by atoms with Crippen LogP contribution in [0, 0.1) is 17.2 Å². The van der Waals surface area contributed by atoms with E-state index in [9.17, 15) is 9.59 Å². The van der Waals surface area contributed by atoms with Crippen molar-refractivity contribution in [3.05, 3.63) is 17.7 Å². The monoisotopic (exact) mass is 277 g/mol. The number of carbonyl (C=O) groups is 2. The van der Waals surface area contributed by atoms with E-state index in [1.165, 1.54) is 40.4 Å². The summed E-state index contributed by atoms with van der Waals surface area (Å²) in [5, 5.41) is 8.90. The van der Waals surface area contributed by atoms with Crippen LogP contribution in [0.1, 0.15) is 17.3 Å². The van der Waals surface area contributed by atoms with Crippen molar-refractivity contribution in [2.24, 2.45) is 5.92 Å². The van der Waals surface area contributed by atoms with E-state index in [0.29, 0.717) is 5.75 Å². The summed E-state index contributed by atoms with van der Waals surface area (Å²) in [6.07, 6.45) is 0. The number of benzene rings is 1. The van der Waals surface area contributed by atoms with E-state index in [-0.39, 0.29) is 17.1 Å². The van der Waals surface area contributed by atoms with E-state index in [0.717, 1.165) is 0 Å². The van der Waals surface area contributed by atoms with E-state index < -0.39 is 17.5 Å². The molecule has 0 spiro atoms. The van der Waals surface area contributed by atoms with Gasteiger partial charge in [0.25, 0.3) is 0 Å². The Morgan fingerprint density at radius 2 is 1.60 bits per heavy atom. The molecule has 0 N–H and O–H groups in total. The number of nitrogens with zero attached hydrogens (tertiary/aromatic N) is 1. The third-order valence-electron chi connectivity index (χ3n) is 2.75. The standard InChI is InChI=1S/C14H15NO5/c1-8(16)10(7-15)13(17)9-5-11(18-2)14(20-4)12(6-9)19-3/h5-6,10H,1-4H3. The number of carbonyl (C=O) groups excluding carboxylic acids is 2. The van der Waals surface area contributed by atoms with E-state index in [4.69, 9.17) is 19.5 Å². The van der Waals surface area contributed by atoms with Crippen molar-refractivity contribution >= 4 is 11.6 Å². The van der Waals surface area contributed by atoms with Crippen molar-refractivity contribution in [1.82, 2.24) is 0 Å². The quantitative estimate of drug-likeness (QED) is 0.580. The van der Waals surface area contributed by atoms with Gasteiger partial charge in [0.05, 0.1) is 27.4 Å². The number of nitriles is 1. The highest BCUT2D eigenvalue weighted by Crippen LogP contribution is 2.38. The first-order valence-electron chi connectivity index (χ1n) is 5.74. The molecule has 0 aliphatic carbocycles. The molecule has 0 radical (unpaired) electrons. The number of hydrogen-bond donors (Lipinski definition) is 0. The number of rotatable bonds is 6. The molecule has 1 aromatic carbocycles. The maximum Gasteiger partial charge on any atom is 0.203 e. The van der Waals surface area contributed by atoms with Crippen LogP contribution in [0.4, 0.5) is 0 Å². The minimum Gasteiger partial charge on any atom is -0.493 e. The molecular formula is C14H15NO5. The molecule has 6 nitrogen and oxygen atoms in total. The molecule has 0 amide bonds. The van der Waals surface area contributed by atoms with Crippen molar-refractivity contribution in [3.8, 4) is 23.3 Å². The lowest BCUT2D eigenvalue weighted by atomic mass is 9.95. The van der Waals surface area contributed by atoms with Crippen molar-refractivity contribution in [3.63, 3.8) is 0 Å². The van der Waals surface area contributed by atoms with Crippen LogP contribution in [-0.4, -0.2) is 32.9 Å². The molecule has 0 fully saturated rings. The van der Waals surface area contributed by atoms with Gasteiger partial charge in [0.15, 0.2) is 29.0 Å². The third kappa shape index (κ3) is 2.88. The Kier molecular flexibility index (Phi) is 5.09. The van der Waals surface area contributed by atoms with Gasteiger partial charge in [0.2, 0.25) is 5.75 Å². The van der Waals surface area contributed by atoms with Gasteiger partial charge in [-0.3, -0.25) is 9.59 Å². The third-order valence-corrected chi connectivity index (χ3v) is 2.75. The second kappa shape index (κ2) is 6.57. The summed E-state index contributed by atoms with van der Waals surface area (Å²) in [5.41, 5.74) is 0.154. The molecule has 0 saturated heterocycles. The first-order valence-corrected chi connectivity index (χ1v) is 5.74. The van der Waals surface area contributed by atoms with E-state index >= 15 is 0 Å². The molecule has 1 aromatic rings. The second-order valence-electron chi connectivity index (χ2n) is 3.95. The number of ether oxygens (including phenoxy) is 3. The highest BCUT2D eigenvalue weighted by molar-refractivity contribution is 6.12. The molecule has 0 aliphatic heterocycles. The molecule has 1 unspecified atom stereocenters. The fraction of sp³-hybridized carbons (Fsp3) is 0.357. The van der Waals surface area contributed by atoms with Crippen LogP contribution in [0.2, 0.25) is 0 Å². The van der Waals surface area contributed by atoms with Crippen LogP contribution >= 0.6 is 0 Å². The summed E-state index contributed by atoms with van der Waals surface area (Å²) in [6.45, 7) is 1.20. The van der Waals surface area contributed by atoms with Crippen LogP contribution in [0.25, 0.3) is 0 Å². The lowest BCUT2D eigenvalue weighted by molar-refractivity contribution is -0.118. The van der Waals surface area contributed by atoms with Gasteiger partial charge in [-0.15, -0.1) is 0 Å². The Hall–Kier alpha value is -2.55. The van der Waals surface area contributed by atoms with Gasteiger partial charge >= 0.3 is 0 Å². The Balaban J connectivity index is 3.37. The number of ketones is 2. The average Bonchev–Trinajstić information content (AvgIpc) is 2.45. The smallest absolute Gasteiger partial charge is 0.203 e. The van der Waals surface area contributed by atoms with Crippen molar-refractivity contribution in [1.29, 1.82) is 5.26 Å². The maximum atomic E-state index is 12.2. The SMILES string of the molecule is COc1cc(C(=O)C(C#N)C(C)=O)cc(OC)c1OC. The minimum absolute atomic E-state index is 0.154. The zero-order valence-corrected chi connectivity index (χ0v) is 11.7. The Labute approximate surface area is 116 Å². The fourth-order valence-electron chi connectivity index (χ4n) is 1.72. The van der Waals surface area contributed by atoms with Crippen molar-refractivity contribution in [2.75, 3.05) is 21.3 Å². The number of methoxy groups -OCH3 is 3. The molecule has 1 atom stereocenters. The van der Waals surface area contributed by atoms with Gasteiger partial charge in [0, 0.05) is 5.56 Å². The molecule has 0 bridgehead atoms. The number of hydrogen-bond acceptors (Lipinski definition) is 6. The lowest BCUT2D eigenvalue weighted by Crippen LogP contribution is -2.20. The van der Waals surface area contributed by atoms with E-state index in [1.807, 2.05) is 0 Å². The van der Waals surface area contributed by atoms with Gasteiger partial charge in [-0.05, 0) is 19.1 Å². The van der Waals surface area contributed by atoms with E-state index in [2.05, 4.69) is 0 Å². The summed E-state index contributed by atoms with van der Waals surface area (Å²) < 4.78 is 15.4. The van der Waals surface area contributed by atoms with E-state index in [1.54, 1.807) is 6.07 Å². The molecule has 0 saturated carbocycles. The topological polar surface area (TPSA) is 85.6 Å². The first kappa shape index (κ1) is 15.5.